The average molecular weight is 327 g/mol. The Labute approximate surface area is 142 Å². The number of carbonyl (C=O) groups excluding carboxylic acids is 1. The summed E-state index contributed by atoms with van der Waals surface area (Å²) in [5.74, 6) is 0. The maximum atomic E-state index is 12.3. The molecule has 1 aromatic carbocycles. The van der Waals surface area contributed by atoms with Crippen molar-refractivity contribution in [2.24, 2.45) is 7.05 Å². The van der Waals surface area contributed by atoms with Gasteiger partial charge >= 0.3 is 6.03 Å². The lowest BCUT2D eigenvalue weighted by molar-refractivity contribution is 0.249. The fraction of sp³-hybridized carbons (Fsp3) is 0.444. The zero-order chi connectivity index (χ0) is 17.3. The van der Waals surface area contributed by atoms with E-state index in [-0.39, 0.29) is 12.1 Å². The van der Waals surface area contributed by atoms with Crippen LogP contribution in [0.4, 0.5) is 16.2 Å². The van der Waals surface area contributed by atoms with Crippen LogP contribution < -0.4 is 15.5 Å². The minimum absolute atomic E-state index is 0.0949. The number of aromatic nitrogens is 2. The molecule has 1 aromatic heterocycles. The quantitative estimate of drug-likeness (QED) is 0.911. The molecule has 1 aliphatic rings. The van der Waals surface area contributed by atoms with Crippen molar-refractivity contribution in [3.8, 4) is 0 Å². The average Bonchev–Trinajstić information content (AvgIpc) is 2.86. The van der Waals surface area contributed by atoms with Crippen LogP contribution in [-0.4, -0.2) is 29.4 Å². The molecule has 0 fully saturated rings. The normalized spacial score (nSPS) is 14.9. The monoisotopic (exact) mass is 327 g/mol. The lowest BCUT2D eigenvalue weighted by atomic mass is 10.0. The van der Waals surface area contributed by atoms with Gasteiger partial charge in [0.25, 0.3) is 0 Å². The zero-order valence-corrected chi connectivity index (χ0v) is 14.8. The van der Waals surface area contributed by atoms with Crippen LogP contribution in [0.15, 0.2) is 24.4 Å². The van der Waals surface area contributed by atoms with Gasteiger partial charge in [0.05, 0.1) is 11.7 Å². The summed E-state index contributed by atoms with van der Waals surface area (Å²) in [5, 5.41) is 10.2. The molecule has 0 unspecified atom stereocenters. The van der Waals surface area contributed by atoms with E-state index in [0.29, 0.717) is 0 Å². The summed E-state index contributed by atoms with van der Waals surface area (Å²) in [6.07, 6.45) is 4.15. The lowest BCUT2D eigenvalue weighted by Crippen LogP contribution is -2.31. The van der Waals surface area contributed by atoms with Crippen molar-refractivity contribution in [1.29, 1.82) is 0 Å². The molecule has 0 radical (unpaired) electrons. The Bertz CT molecular complexity index is 752. The van der Waals surface area contributed by atoms with Gasteiger partial charge in [-0.05, 0) is 50.5 Å². The van der Waals surface area contributed by atoms with Gasteiger partial charge < -0.3 is 15.5 Å². The van der Waals surface area contributed by atoms with E-state index in [1.807, 2.05) is 33.2 Å². The third kappa shape index (κ3) is 3.37. The molecule has 2 heterocycles. The number of amides is 2. The molecule has 0 aliphatic carbocycles. The predicted molar refractivity (Wildman–Crippen MR) is 96.5 cm³/mol. The molecule has 2 amide bonds. The third-order valence-corrected chi connectivity index (χ3v) is 4.55. The number of anilines is 2. The van der Waals surface area contributed by atoms with Gasteiger partial charge in [0.1, 0.15) is 0 Å². The molecule has 0 saturated heterocycles. The van der Waals surface area contributed by atoms with E-state index in [0.717, 1.165) is 36.3 Å². The van der Waals surface area contributed by atoms with Crippen molar-refractivity contribution in [2.45, 2.75) is 32.7 Å². The fourth-order valence-corrected chi connectivity index (χ4v) is 3.35. The minimum Gasteiger partial charge on any atom is -0.374 e. The lowest BCUT2D eigenvalue weighted by Gasteiger charge is -2.27. The molecule has 6 heteroatoms. The van der Waals surface area contributed by atoms with Gasteiger partial charge in [-0.2, -0.15) is 5.10 Å². The maximum Gasteiger partial charge on any atom is 0.319 e. The molecule has 1 atom stereocenters. The highest BCUT2D eigenvalue weighted by Gasteiger charge is 2.16. The first-order valence-electron chi connectivity index (χ1n) is 8.36. The van der Waals surface area contributed by atoms with Crippen molar-refractivity contribution >= 4 is 17.4 Å². The fourth-order valence-electron chi connectivity index (χ4n) is 3.35. The summed E-state index contributed by atoms with van der Waals surface area (Å²) in [5.41, 5.74) is 5.34. The van der Waals surface area contributed by atoms with Crippen LogP contribution in [0.25, 0.3) is 0 Å². The van der Waals surface area contributed by atoms with Crippen molar-refractivity contribution in [3.05, 3.63) is 41.2 Å². The molecule has 2 aromatic rings. The molecule has 1 aliphatic heterocycles. The summed E-state index contributed by atoms with van der Waals surface area (Å²) in [6, 6.07) is 5.82. The number of fused-ring (bicyclic) bond motifs is 1. The van der Waals surface area contributed by atoms with Crippen LogP contribution in [0.2, 0.25) is 0 Å². The van der Waals surface area contributed by atoms with Crippen LogP contribution in [0, 0.1) is 6.92 Å². The van der Waals surface area contributed by atoms with Crippen LogP contribution >= 0.6 is 0 Å². The largest absolute Gasteiger partial charge is 0.374 e. The Kier molecular flexibility index (Phi) is 4.46. The maximum absolute atomic E-state index is 12.3. The van der Waals surface area contributed by atoms with Gasteiger partial charge in [0.15, 0.2) is 0 Å². The smallest absolute Gasteiger partial charge is 0.319 e. The second-order valence-electron chi connectivity index (χ2n) is 6.53. The Hall–Kier alpha value is -2.50. The van der Waals surface area contributed by atoms with Gasteiger partial charge in [-0.25, -0.2) is 4.79 Å². The number of hydrogen-bond donors (Lipinski definition) is 2. The molecule has 0 saturated carbocycles. The van der Waals surface area contributed by atoms with E-state index in [2.05, 4.69) is 39.8 Å². The number of urea groups is 1. The van der Waals surface area contributed by atoms with Crippen LogP contribution in [0.3, 0.4) is 0 Å². The summed E-state index contributed by atoms with van der Waals surface area (Å²) >= 11 is 0. The van der Waals surface area contributed by atoms with Crippen molar-refractivity contribution in [1.82, 2.24) is 15.1 Å². The van der Waals surface area contributed by atoms with Crippen molar-refractivity contribution in [2.75, 3.05) is 23.8 Å². The van der Waals surface area contributed by atoms with E-state index in [1.165, 1.54) is 11.3 Å². The van der Waals surface area contributed by atoms with E-state index >= 15 is 0 Å². The third-order valence-electron chi connectivity index (χ3n) is 4.55. The highest BCUT2D eigenvalue weighted by molar-refractivity contribution is 5.90. The van der Waals surface area contributed by atoms with Crippen molar-refractivity contribution < 1.29 is 4.79 Å². The number of aryl methyl sites for hydroxylation is 3. The SMILES string of the molecule is Cc1nn(C)cc1[C@H](C)NC(=O)Nc1ccc2c(c1)CCCN2C. The number of nitrogens with one attached hydrogen (secondary N) is 2. The summed E-state index contributed by atoms with van der Waals surface area (Å²) in [7, 11) is 3.99. The molecule has 24 heavy (non-hydrogen) atoms. The molecule has 0 spiro atoms. The summed E-state index contributed by atoms with van der Waals surface area (Å²) in [4.78, 5) is 14.5. The van der Waals surface area contributed by atoms with Crippen LogP contribution in [0.1, 0.15) is 36.2 Å². The number of carbonyl (C=O) groups is 1. The van der Waals surface area contributed by atoms with E-state index in [9.17, 15) is 4.79 Å². The van der Waals surface area contributed by atoms with Gasteiger partial charge in [-0.1, -0.05) is 0 Å². The Morgan fingerprint density at radius 2 is 2.12 bits per heavy atom. The number of hydrogen-bond acceptors (Lipinski definition) is 3. The molecule has 0 bridgehead atoms. The molecular weight excluding hydrogens is 302 g/mol. The second kappa shape index (κ2) is 6.55. The second-order valence-corrected chi connectivity index (χ2v) is 6.53. The summed E-state index contributed by atoms with van der Waals surface area (Å²) in [6.45, 7) is 5.00. The van der Waals surface area contributed by atoms with E-state index in [1.54, 1.807) is 4.68 Å². The van der Waals surface area contributed by atoms with Crippen molar-refractivity contribution in [3.63, 3.8) is 0 Å². The summed E-state index contributed by atoms with van der Waals surface area (Å²) < 4.78 is 1.76. The number of nitrogens with zero attached hydrogens (tertiary/aromatic N) is 3. The highest BCUT2D eigenvalue weighted by atomic mass is 16.2. The number of benzene rings is 1. The molecule has 2 N–H and O–H groups in total. The van der Waals surface area contributed by atoms with Gasteiger partial charge in [0.2, 0.25) is 0 Å². The Morgan fingerprint density at radius 3 is 2.83 bits per heavy atom. The van der Waals surface area contributed by atoms with Crippen LogP contribution in [-0.2, 0) is 13.5 Å². The predicted octanol–water partition coefficient (Wildman–Crippen LogP) is 2.99. The van der Waals surface area contributed by atoms with Gasteiger partial charge in [-0.3, -0.25) is 4.68 Å². The van der Waals surface area contributed by atoms with E-state index in [4.69, 9.17) is 0 Å². The van der Waals surface area contributed by atoms with E-state index < -0.39 is 0 Å². The van der Waals surface area contributed by atoms with Gasteiger partial charge in [-0.15, -0.1) is 0 Å². The molecular formula is C18H25N5O. The first-order valence-corrected chi connectivity index (χ1v) is 8.36. The van der Waals surface area contributed by atoms with Gasteiger partial charge in [0, 0.05) is 43.8 Å². The standard InChI is InChI=1S/C18H25N5O/c1-12(16-11-23(4)21-13(16)2)19-18(24)20-15-7-8-17-14(10-15)6-5-9-22(17)3/h7-8,10-12H,5-6,9H2,1-4H3,(H2,19,20,24)/t12-/m0/s1. The Balaban J connectivity index is 1.66. The minimum atomic E-state index is -0.199. The first kappa shape index (κ1) is 16.4. The topological polar surface area (TPSA) is 62.2 Å². The molecule has 3 rings (SSSR count). The highest BCUT2D eigenvalue weighted by Crippen LogP contribution is 2.28. The zero-order valence-electron chi connectivity index (χ0n) is 14.8. The molecule has 6 nitrogen and oxygen atoms in total. The Morgan fingerprint density at radius 1 is 1.33 bits per heavy atom. The van der Waals surface area contributed by atoms with Crippen LogP contribution in [0.5, 0.6) is 0 Å². The number of rotatable bonds is 3. The first-order chi connectivity index (χ1) is 11.4. The molecule has 128 valence electrons.